The average Bonchev–Trinajstić information content (AvgIpc) is 3.33. The lowest BCUT2D eigenvalue weighted by molar-refractivity contribution is -0.126. The first-order valence-corrected chi connectivity index (χ1v) is 13.6. The Balaban J connectivity index is 1.15. The van der Waals surface area contributed by atoms with E-state index in [4.69, 9.17) is 4.52 Å². The first-order chi connectivity index (χ1) is 16.0. The molecule has 0 spiro atoms. The number of carbonyl (C=O) groups is 1. The van der Waals surface area contributed by atoms with E-state index >= 15 is 0 Å². The molecule has 1 aliphatic heterocycles. The normalized spacial score (nSPS) is 17.8. The summed E-state index contributed by atoms with van der Waals surface area (Å²) in [5.74, 6) is 1.36. The minimum absolute atomic E-state index is 0.0126. The van der Waals surface area contributed by atoms with Crippen LogP contribution < -0.4 is 5.32 Å². The smallest absolute Gasteiger partial charge is 0.243 e. The molecular formula is C23H26N4O4S2. The molecular weight excluding hydrogens is 460 g/mol. The van der Waals surface area contributed by atoms with Crippen LogP contribution in [0.15, 0.2) is 51.2 Å². The summed E-state index contributed by atoms with van der Waals surface area (Å²) in [7, 11) is -3.62. The van der Waals surface area contributed by atoms with Crippen molar-refractivity contribution in [3.63, 3.8) is 0 Å². The topological polar surface area (TPSA) is 105 Å². The summed E-state index contributed by atoms with van der Waals surface area (Å²) >= 11 is 1.68. The zero-order chi connectivity index (χ0) is 22.8. The van der Waals surface area contributed by atoms with Gasteiger partial charge in [-0.15, -0.1) is 11.3 Å². The lowest BCUT2D eigenvalue weighted by atomic mass is 9.97. The highest BCUT2D eigenvalue weighted by atomic mass is 32.2. The van der Waals surface area contributed by atoms with Crippen molar-refractivity contribution >= 4 is 27.3 Å². The van der Waals surface area contributed by atoms with Crippen molar-refractivity contribution in [1.29, 1.82) is 0 Å². The van der Waals surface area contributed by atoms with Crippen LogP contribution in [0, 0.1) is 5.92 Å². The van der Waals surface area contributed by atoms with Gasteiger partial charge in [-0.3, -0.25) is 4.79 Å². The zero-order valence-electron chi connectivity index (χ0n) is 18.1. The van der Waals surface area contributed by atoms with Crippen LogP contribution in [0.1, 0.15) is 42.4 Å². The highest BCUT2D eigenvalue weighted by Crippen LogP contribution is 2.39. The number of nitrogens with one attached hydrogen (secondary N) is 1. The summed E-state index contributed by atoms with van der Waals surface area (Å²) in [6.45, 7) is 1.28. The Morgan fingerprint density at radius 1 is 1.12 bits per heavy atom. The van der Waals surface area contributed by atoms with Crippen molar-refractivity contribution in [2.75, 3.05) is 19.6 Å². The number of thiophene rings is 1. The molecule has 2 aromatic heterocycles. The van der Waals surface area contributed by atoms with Gasteiger partial charge in [-0.2, -0.15) is 9.29 Å². The number of carbonyl (C=O) groups excluding carboxylic acids is 1. The molecule has 8 nitrogen and oxygen atoms in total. The Morgan fingerprint density at radius 3 is 2.55 bits per heavy atom. The van der Waals surface area contributed by atoms with Crippen molar-refractivity contribution in [1.82, 2.24) is 19.8 Å². The molecule has 5 rings (SSSR count). The minimum atomic E-state index is -3.62. The molecule has 0 radical (unpaired) electrons. The predicted octanol–water partition coefficient (Wildman–Crippen LogP) is 3.44. The fourth-order valence-corrected chi connectivity index (χ4v) is 6.22. The van der Waals surface area contributed by atoms with E-state index in [1.807, 2.05) is 11.4 Å². The maximum absolute atomic E-state index is 13.1. The van der Waals surface area contributed by atoms with E-state index in [2.05, 4.69) is 21.5 Å². The van der Waals surface area contributed by atoms with E-state index in [-0.39, 0.29) is 16.7 Å². The van der Waals surface area contributed by atoms with Crippen LogP contribution in [0.25, 0.3) is 11.4 Å². The number of hydrogen-bond acceptors (Lipinski definition) is 7. The van der Waals surface area contributed by atoms with Gasteiger partial charge in [0.1, 0.15) is 0 Å². The fraction of sp³-hybridized carbons (Fsp3) is 0.435. The third kappa shape index (κ3) is 5.02. The molecule has 2 aliphatic rings. The largest absolute Gasteiger partial charge is 0.355 e. The first-order valence-electron chi connectivity index (χ1n) is 11.2. The summed E-state index contributed by atoms with van der Waals surface area (Å²) in [5, 5.41) is 9.02. The number of amides is 1. The van der Waals surface area contributed by atoms with Crippen molar-refractivity contribution < 1.29 is 17.7 Å². The summed E-state index contributed by atoms with van der Waals surface area (Å²) in [4.78, 5) is 18.4. The Labute approximate surface area is 197 Å². The van der Waals surface area contributed by atoms with E-state index < -0.39 is 10.0 Å². The molecule has 0 unspecified atom stereocenters. The van der Waals surface area contributed by atoms with Crippen LogP contribution in [-0.4, -0.2) is 48.4 Å². The van der Waals surface area contributed by atoms with E-state index in [0.717, 1.165) is 24.8 Å². The maximum Gasteiger partial charge on any atom is 0.243 e. The molecule has 1 aromatic carbocycles. The van der Waals surface area contributed by atoms with Gasteiger partial charge in [-0.05, 0) is 67.8 Å². The van der Waals surface area contributed by atoms with E-state index in [0.29, 0.717) is 50.1 Å². The average molecular weight is 487 g/mol. The highest BCUT2D eigenvalue weighted by Gasteiger charge is 2.32. The third-order valence-corrected chi connectivity index (χ3v) is 9.04. The lowest BCUT2D eigenvalue weighted by Crippen LogP contribution is -2.43. The van der Waals surface area contributed by atoms with Crippen molar-refractivity contribution in [3.05, 3.63) is 52.5 Å². The van der Waals surface area contributed by atoms with Gasteiger partial charge in [-0.25, -0.2) is 8.42 Å². The Bertz CT molecular complexity index is 1190. The number of piperidine rings is 1. The molecule has 1 aliphatic carbocycles. The van der Waals surface area contributed by atoms with Crippen molar-refractivity contribution in [3.8, 4) is 11.4 Å². The second-order valence-corrected chi connectivity index (χ2v) is 11.5. The van der Waals surface area contributed by atoms with Crippen LogP contribution in [0.3, 0.4) is 0 Å². The van der Waals surface area contributed by atoms with Crippen molar-refractivity contribution in [2.24, 2.45) is 5.92 Å². The highest BCUT2D eigenvalue weighted by molar-refractivity contribution is 7.89. The van der Waals surface area contributed by atoms with Crippen LogP contribution in [0.5, 0.6) is 0 Å². The molecule has 2 fully saturated rings. The third-order valence-electron chi connectivity index (χ3n) is 6.19. The minimum Gasteiger partial charge on any atom is -0.355 e. The summed E-state index contributed by atoms with van der Waals surface area (Å²) < 4.78 is 32.9. The Hall–Kier alpha value is -2.56. The second-order valence-electron chi connectivity index (χ2n) is 8.55. The predicted molar refractivity (Wildman–Crippen MR) is 124 cm³/mol. The Morgan fingerprint density at radius 2 is 1.88 bits per heavy atom. The van der Waals surface area contributed by atoms with Gasteiger partial charge in [-0.1, -0.05) is 11.2 Å². The lowest BCUT2D eigenvalue weighted by Gasteiger charge is -2.30. The number of sulfonamides is 1. The van der Waals surface area contributed by atoms with Crippen LogP contribution in [-0.2, 0) is 21.2 Å². The summed E-state index contributed by atoms with van der Waals surface area (Å²) in [6.07, 6.45) is 4.01. The number of aromatic nitrogens is 2. The number of nitrogens with zero attached hydrogens (tertiary/aromatic N) is 3. The van der Waals surface area contributed by atoms with Gasteiger partial charge in [0.15, 0.2) is 0 Å². The summed E-state index contributed by atoms with van der Waals surface area (Å²) in [5.41, 5.74) is 0.725. The molecule has 33 heavy (non-hydrogen) atoms. The van der Waals surface area contributed by atoms with E-state index in [1.54, 1.807) is 35.6 Å². The molecule has 0 atom stereocenters. The molecule has 10 heteroatoms. The SMILES string of the molecule is O=C(NCCc1cccs1)C1CCN(S(=O)(=O)c2ccc(-c3noc(C4CC4)n3)cc2)CC1. The van der Waals surface area contributed by atoms with Crippen LogP contribution in [0.4, 0.5) is 0 Å². The molecule has 1 N–H and O–H groups in total. The maximum atomic E-state index is 13.1. The fourth-order valence-electron chi connectivity index (χ4n) is 4.04. The molecule has 1 saturated carbocycles. The van der Waals surface area contributed by atoms with E-state index in [1.165, 1.54) is 9.18 Å². The van der Waals surface area contributed by atoms with Gasteiger partial charge in [0, 0.05) is 41.9 Å². The molecule has 3 aromatic rings. The molecule has 1 saturated heterocycles. The standard InChI is InChI=1S/C23H26N4O4S2/c28-22(24-12-9-19-2-1-15-32-19)17-10-13-27(14-11-17)33(29,30)20-7-5-16(6-8-20)21-25-23(31-26-21)18-3-4-18/h1-2,5-8,15,17-18H,3-4,9-14H2,(H,24,28). The summed E-state index contributed by atoms with van der Waals surface area (Å²) in [6, 6.07) is 10.6. The van der Waals surface area contributed by atoms with Crippen LogP contribution in [0.2, 0.25) is 0 Å². The van der Waals surface area contributed by atoms with Gasteiger partial charge in [0.2, 0.25) is 27.6 Å². The second kappa shape index (κ2) is 9.36. The van der Waals surface area contributed by atoms with Gasteiger partial charge in [0.25, 0.3) is 0 Å². The number of hydrogen-bond donors (Lipinski definition) is 1. The van der Waals surface area contributed by atoms with Crippen LogP contribution >= 0.6 is 11.3 Å². The molecule has 1 amide bonds. The monoisotopic (exact) mass is 486 g/mol. The number of rotatable bonds is 8. The van der Waals surface area contributed by atoms with Gasteiger partial charge >= 0.3 is 0 Å². The van der Waals surface area contributed by atoms with Crippen molar-refractivity contribution in [2.45, 2.75) is 42.9 Å². The van der Waals surface area contributed by atoms with E-state index in [9.17, 15) is 13.2 Å². The quantitative estimate of drug-likeness (QED) is 0.523. The number of benzene rings is 1. The first kappa shape index (κ1) is 22.2. The zero-order valence-corrected chi connectivity index (χ0v) is 19.8. The van der Waals surface area contributed by atoms with Gasteiger partial charge in [0.05, 0.1) is 4.90 Å². The molecule has 3 heterocycles. The molecule has 0 bridgehead atoms. The van der Waals surface area contributed by atoms with Gasteiger partial charge < -0.3 is 9.84 Å². The molecule has 174 valence electrons. The Kier molecular flexibility index (Phi) is 6.31.